The SMILES string of the molecule is CCC1OCCC1CNCc1ccc(Br)c2cccnc12. The van der Waals surface area contributed by atoms with Crippen molar-refractivity contribution in [1.82, 2.24) is 10.3 Å². The van der Waals surface area contributed by atoms with Gasteiger partial charge < -0.3 is 10.1 Å². The van der Waals surface area contributed by atoms with Crippen LogP contribution in [-0.4, -0.2) is 24.2 Å². The molecule has 0 radical (unpaired) electrons. The second-order valence-corrected chi connectivity index (χ2v) is 6.46. The molecule has 1 saturated heterocycles. The maximum Gasteiger partial charge on any atom is 0.0758 e. The fourth-order valence-corrected chi connectivity index (χ4v) is 3.56. The average molecular weight is 349 g/mol. The van der Waals surface area contributed by atoms with Crippen LogP contribution in [0.1, 0.15) is 25.3 Å². The van der Waals surface area contributed by atoms with Crippen LogP contribution in [0.15, 0.2) is 34.9 Å². The molecule has 1 aliphatic heterocycles. The number of ether oxygens (including phenoxy) is 1. The zero-order chi connectivity index (χ0) is 14.7. The lowest BCUT2D eigenvalue weighted by molar-refractivity contribution is 0.0872. The summed E-state index contributed by atoms with van der Waals surface area (Å²) in [4.78, 5) is 4.53. The minimum Gasteiger partial charge on any atom is -0.378 e. The number of aromatic nitrogens is 1. The maximum atomic E-state index is 5.74. The summed E-state index contributed by atoms with van der Waals surface area (Å²) in [6.07, 6.45) is 4.56. The van der Waals surface area contributed by atoms with Gasteiger partial charge >= 0.3 is 0 Å². The lowest BCUT2D eigenvalue weighted by Crippen LogP contribution is -2.28. The van der Waals surface area contributed by atoms with Crippen molar-refractivity contribution in [3.8, 4) is 0 Å². The molecule has 0 aliphatic carbocycles. The van der Waals surface area contributed by atoms with Crippen LogP contribution in [0.2, 0.25) is 0 Å². The summed E-state index contributed by atoms with van der Waals surface area (Å²) in [5.41, 5.74) is 2.33. The number of benzene rings is 1. The first-order chi connectivity index (χ1) is 10.3. The van der Waals surface area contributed by atoms with Gasteiger partial charge in [-0.2, -0.15) is 0 Å². The van der Waals surface area contributed by atoms with Crippen molar-refractivity contribution in [3.05, 3.63) is 40.5 Å². The van der Waals surface area contributed by atoms with E-state index in [1.807, 2.05) is 12.3 Å². The summed E-state index contributed by atoms with van der Waals surface area (Å²) in [6.45, 7) is 4.99. The average Bonchev–Trinajstić information content (AvgIpc) is 2.97. The van der Waals surface area contributed by atoms with E-state index in [1.165, 1.54) is 17.4 Å². The number of halogens is 1. The number of hydrogen-bond donors (Lipinski definition) is 1. The number of nitrogens with zero attached hydrogens (tertiary/aromatic N) is 1. The zero-order valence-electron chi connectivity index (χ0n) is 12.3. The molecule has 1 aromatic heterocycles. The van der Waals surface area contributed by atoms with Gasteiger partial charge in [-0.15, -0.1) is 0 Å². The Bertz CT molecular complexity index is 617. The minimum absolute atomic E-state index is 0.428. The number of pyridine rings is 1. The van der Waals surface area contributed by atoms with E-state index in [1.54, 1.807) is 0 Å². The summed E-state index contributed by atoms with van der Waals surface area (Å²) in [5, 5.41) is 4.76. The first-order valence-corrected chi connectivity index (χ1v) is 8.43. The third-order valence-electron chi connectivity index (χ3n) is 4.27. The van der Waals surface area contributed by atoms with Gasteiger partial charge in [-0.3, -0.25) is 4.98 Å². The summed E-state index contributed by atoms with van der Waals surface area (Å²) in [7, 11) is 0. The molecule has 3 rings (SSSR count). The summed E-state index contributed by atoms with van der Waals surface area (Å²) in [6, 6.07) is 8.34. The summed E-state index contributed by atoms with van der Waals surface area (Å²) >= 11 is 3.59. The van der Waals surface area contributed by atoms with Crippen molar-refractivity contribution in [2.75, 3.05) is 13.2 Å². The van der Waals surface area contributed by atoms with Gasteiger partial charge in [0.2, 0.25) is 0 Å². The fourth-order valence-electron chi connectivity index (χ4n) is 3.11. The van der Waals surface area contributed by atoms with Crippen LogP contribution in [0.25, 0.3) is 10.9 Å². The molecule has 0 amide bonds. The quantitative estimate of drug-likeness (QED) is 0.889. The molecular weight excluding hydrogens is 328 g/mol. The molecule has 3 nitrogen and oxygen atoms in total. The molecule has 0 spiro atoms. The largest absolute Gasteiger partial charge is 0.378 e. The Morgan fingerprint density at radius 3 is 3.14 bits per heavy atom. The van der Waals surface area contributed by atoms with Gasteiger partial charge in [0.1, 0.15) is 0 Å². The molecule has 21 heavy (non-hydrogen) atoms. The molecule has 1 fully saturated rings. The Morgan fingerprint density at radius 2 is 2.29 bits per heavy atom. The molecule has 1 aliphatic rings. The second-order valence-electron chi connectivity index (χ2n) is 5.60. The number of fused-ring (bicyclic) bond motifs is 1. The normalized spacial score (nSPS) is 22.0. The van der Waals surface area contributed by atoms with Gasteiger partial charge in [-0.05, 0) is 36.5 Å². The minimum atomic E-state index is 0.428. The Balaban J connectivity index is 1.67. The van der Waals surface area contributed by atoms with E-state index in [0.29, 0.717) is 12.0 Å². The van der Waals surface area contributed by atoms with E-state index in [9.17, 15) is 0 Å². The predicted molar refractivity (Wildman–Crippen MR) is 89.3 cm³/mol. The Hall–Kier alpha value is -0.970. The lowest BCUT2D eigenvalue weighted by atomic mass is 9.99. The topological polar surface area (TPSA) is 34.1 Å². The molecule has 0 saturated carbocycles. The van der Waals surface area contributed by atoms with E-state index in [2.05, 4.69) is 51.4 Å². The van der Waals surface area contributed by atoms with Crippen molar-refractivity contribution in [1.29, 1.82) is 0 Å². The first-order valence-electron chi connectivity index (χ1n) is 7.64. The van der Waals surface area contributed by atoms with Gasteiger partial charge in [0, 0.05) is 35.8 Å². The van der Waals surface area contributed by atoms with Crippen LogP contribution in [0.4, 0.5) is 0 Å². The van der Waals surface area contributed by atoms with Crippen LogP contribution in [0.5, 0.6) is 0 Å². The molecule has 4 heteroatoms. The molecular formula is C17H21BrN2O. The van der Waals surface area contributed by atoms with Gasteiger partial charge in [-0.1, -0.05) is 35.0 Å². The van der Waals surface area contributed by atoms with Crippen LogP contribution in [0, 0.1) is 5.92 Å². The monoisotopic (exact) mass is 348 g/mol. The van der Waals surface area contributed by atoms with Crippen molar-refractivity contribution in [3.63, 3.8) is 0 Å². The Labute approximate surface area is 134 Å². The maximum absolute atomic E-state index is 5.74. The van der Waals surface area contributed by atoms with Crippen molar-refractivity contribution in [2.24, 2.45) is 5.92 Å². The highest BCUT2D eigenvalue weighted by molar-refractivity contribution is 9.10. The number of hydrogen-bond acceptors (Lipinski definition) is 3. The van der Waals surface area contributed by atoms with Crippen LogP contribution in [-0.2, 0) is 11.3 Å². The summed E-state index contributed by atoms with van der Waals surface area (Å²) < 4.78 is 6.85. The molecule has 0 bridgehead atoms. The van der Waals surface area contributed by atoms with Gasteiger partial charge in [0.15, 0.2) is 0 Å². The number of rotatable bonds is 5. The van der Waals surface area contributed by atoms with E-state index in [-0.39, 0.29) is 0 Å². The van der Waals surface area contributed by atoms with Crippen molar-refractivity contribution < 1.29 is 4.74 Å². The third-order valence-corrected chi connectivity index (χ3v) is 4.96. The van der Waals surface area contributed by atoms with E-state index in [0.717, 1.165) is 36.1 Å². The highest BCUT2D eigenvalue weighted by Gasteiger charge is 2.25. The standard InChI is InChI=1S/C17H21BrN2O/c1-2-16-12(7-9-21-16)10-19-11-13-5-6-15(18)14-4-3-8-20-17(13)14/h3-6,8,12,16,19H,2,7,9-11H2,1H3. The van der Waals surface area contributed by atoms with E-state index < -0.39 is 0 Å². The van der Waals surface area contributed by atoms with E-state index >= 15 is 0 Å². The predicted octanol–water partition coefficient (Wildman–Crippen LogP) is 3.90. The summed E-state index contributed by atoms with van der Waals surface area (Å²) in [5.74, 6) is 0.643. The van der Waals surface area contributed by atoms with Crippen molar-refractivity contribution in [2.45, 2.75) is 32.4 Å². The van der Waals surface area contributed by atoms with Crippen LogP contribution >= 0.6 is 15.9 Å². The zero-order valence-corrected chi connectivity index (χ0v) is 13.9. The first kappa shape index (κ1) is 14.9. The Kier molecular flexibility index (Phi) is 4.88. The second kappa shape index (κ2) is 6.86. The molecule has 2 unspecified atom stereocenters. The molecule has 112 valence electrons. The molecule has 2 atom stereocenters. The van der Waals surface area contributed by atoms with Gasteiger partial charge in [0.25, 0.3) is 0 Å². The lowest BCUT2D eigenvalue weighted by Gasteiger charge is -2.17. The third kappa shape index (κ3) is 3.28. The van der Waals surface area contributed by atoms with E-state index in [4.69, 9.17) is 4.74 Å². The van der Waals surface area contributed by atoms with Crippen LogP contribution in [0.3, 0.4) is 0 Å². The number of nitrogens with one attached hydrogen (secondary N) is 1. The van der Waals surface area contributed by atoms with Gasteiger partial charge in [-0.25, -0.2) is 0 Å². The fraction of sp³-hybridized carbons (Fsp3) is 0.471. The smallest absolute Gasteiger partial charge is 0.0758 e. The molecule has 1 N–H and O–H groups in total. The van der Waals surface area contributed by atoms with Gasteiger partial charge in [0.05, 0.1) is 11.6 Å². The molecule has 2 heterocycles. The molecule has 2 aromatic rings. The Morgan fingerprint density at radius 1 is 1.38 bits per heavy atom. The van der Waals surface area contributed by atoms with Crippen LogP contribution < -0.4 is 5.32 Å². The molecule has 1 aromatic carbocycles. The highest BCUT2D eigenvalue weighted by Crippen LogP contribution is 2.26. The van der Waals surface area contributed by atoms with Crippen molar-refractivity contribution >= 4 is 26.8 Å². The highest BCUT2D eigenvalue weighted by atomic mass is 79.9.